The van der Waals surface area contributed by atoms with Crippen molar-refractivity contribution < 1.29 is 14.4 Å². The fourth-order valence-electron chi connectivity index (χ4n) is 3.74. The Hall–Kier alpha value is -2.37. The van der Waals surface area contributed by atoms with E-state index in [1.54, 1.807) is 4.90 Å². The van der Waals surface area contributed by atoms with E-state index in [2.05, 4.69) is 5.32 Å². The molecule has 2 heterocycles. The SMILES string of the molecule is CCCNC(=O)C1CCN(C(=O)C2CC(=O)N(c3ccccc3)C2)CC1. The highest BCUT2D eigenvalue weighted by Crippen LogP contribution is 2.27. The molecule has 6 nitrogen and oxygen atoms in total. The number of carbonyl (C=O) groups excluding carboxylic acids is 3. The Labute approximate surface area is 154 Å². The van der Waals surface area contributed by atoms with Gasteiger partial charge in [0, 0.05) is 44.2 Å². The van der Waals surface area contributed by atoms with Gasteiger partial charge in [-0.25, -0.2) is 0 Å². The third-order valence-electron chi connectivity index (χ3n) is 5.27. The minimum absolute atomic E-state index is 0.00312. The molecule has 2 aliphatic rings. The van der Waals surface area contributed by atoms with Gasteiger partial charge in [0.1, 0.15) is 0 Å². The number of rotatable bonds is 5. The molecule has 3 amide bonds. The third kappa shape index (κ3) is 4.06. The summed E-state index contributed by atoms with van der Waals surface area (Å²) in [4.78, 5) is 40.7. The molecule has 1 unspecified atom stereocenters. The quantitative estimate of drug-likeness (QED) is 0.874. The van der Waals surface area contributed by atoms with E-state index in [0.29, 0.717) is 39.0 Å². The van der Waals surface area contributed by atoms with E-state index in [-0.39, 0.29) is 36.0 Å². The summed E-state index contributed by atoms with van der Waals surface area (Å²) in [7, 11) is 0. The van der Waals surface area contributed by atoms with Gasteiger partial charge in [-0.15, -0.1) is 0 Å². The molecular formula is C20H27N3O3. The number of hydrogen-bond acceptors (Lipinski definition) is 3. The van der Waals surface area contributed by atoms with Crippen LogP contribution in [0.15, 0.2) is 30.3 Å². The number of likely N-dealkylation sites (tertiary alicyclic amines) is 1. The number of nitrogens with one attached hydrogen (secondary N) is 1. The van der Waals surface area contributed by atoms with Crippen molar-refractivity contribution in [3.63, 3.8) is 0 Å². The Morgan fingerprint density at radius 2 is 1.81 bits per heavy atom. The molecule has 3 rings (SSSR count). The van der Waals surface area contributed by atoms with E-state index in [9.17, 15) is 14.4 Å². The number of carbonyl (C=O) groups is 3. The summed E-state index contributed by atoms with van der Waals surface area (Å²) in [5.74, 6) is -0.136. The second kappa shape index (κ2) is 8.34. The summed E-state index contributed by atoms with van der Waals surface area (Å²) >= 11 is 0. The summed E-state index contributed by atoms with van der Waals surface area (Å²) < 4.78 is 0. The normalized spacial score (nSPS) is 21.1. The first kappa shape index (κ1) is 18.4. The minimum Gasteiger partial charge on any atom is -0.356 e. The molecule has 1 aromatic carbocycles. The summed E-state index contributed by atoms with van der Waals surface area (Å²) in [5, 5.41) is 2.94. The molecule has 2 aliphatic heterocycles. The zero-order valence-electron chi connectivity index (χ0n) is 15.3. The van der Waals surface area contributed by atoms with Crippen LogP contribution in [0.4, 0.5) is 5.69 Å². The highest BCUT2D eigenvalue weighted by molar-refractivity contribution is 6.00. The number of anilines is 1. The summed E-state index contributed by atoms with van der Waals surface area (Å²) in [6.07, 6.45) is 2.59. The molecule has 2 fully saturated rings. The molecule has 0 aromatic heterocycles. The van der Waals surface area contributed by atoms with Gasteiger partial charge >= 0.3 is 0 Å². The van der Waals surface area contributed by atoms with E-state index < -0.39 is 0 Å². The third-order valence-corrected chi connectivity index (χ3v) is 5.27. The Kier molecular flexibility index (Phi) is 5.91. The zero-order valence-corrected chi connectivity index (χ0v) is 15.3. The number of piperidine rings is 1. The molecule has 0 spiro atoms. The lowest BCUT2D eigenvalue weighted by atomic mass is 9.94. The van der Waals surface area contributed by atoms with E-state index in [1.807, 2.05) is 42.2 Å². The molecule has 140 valence electrons. The monoisotopic (exact) mass is 357 g/mol. The van der Waals surface area contributed by atoms with Crippen molar-refractivity contribution in [1.29, 1.82) is 0 Å². The second-order valence-corrected chi connectivity index (χ2v) is 7.13. The average molecular weight is 357 g/mol. The van der Waals surface area contributed by atoms with E-state index in [1.165, 1.54) is 0 Å². The van der Waals surface area contributed by atoms with Crippen LogP contribution in [0.25, 0.3) is 0 Å². The second-order valence-electron chi connectivity index (χ2n) is 7.13. The molecule has 1 aromatic rings. The largest absolute Gasteiger partial charge is 0.356 e. The molecule has 1 atom stereocenters. The first-order valence-corrected chi connectivity index (χ1v) is 9.52. The van der Waals surface area contributed by atoms with Crippen molar-refractivity contribution in [2.24, 2.45) is 11.8 Å². The summed E-state index contributed by atoms with van der Waals surface area (Å²) in [5.41, 5.74) is 0.846. The highest BCUT2D eigenvalue weighted by atomic mass is 16.2. The lowest BCUT2D eigenvalue weighted by molar-refractivity contribution is -0.139. The molecule has 2 saturated heterocycles. The first-order chi connectivity index (χ1) is 12.6. The predicted octanol–water partition coefficient (Wildman–Crippen LogP) is 1.80. The maximum absolute atomic E-state index is 12.8. The molecule has 0 aliphatic carbocycles. The van der Waals surface area contributed by atoms with Crippen molar-refractivity contribution in [3.8, 4) is 0 Å². The lowest BCUT2D eigenvalue weighted by Crippen LogP contribution is -2.45. The van der Waals surface area contributed by atoms with E-state index in [4.69, 9.17) is 0 Å². The summed E-state index contributed by atoms with van der Waals surface area (Å²) in [6, 6.07) is 9.49. The van der Waals surface area contributed by atoms with Crippen LogP contribution in [-0.2, 0) is 14.4 Å². The van der Waals surface area contributed by atoms with Crippen LogP contribution in [0, 0.1) is 11.8 Å². The van der Waals surface area contributed by atoms with Gasteiger partial charge < -0.3 is 15.1 Å². The Bertz CT molecular complexity index is 654. The highest BCUT2D eigenvalue weighted by Gasteiger charge is 2.38. The molecule has 26 heavy (non-hydrogen) atoms. The van der Waals surface area contributed by atoms with Crippen molar-refractivity contribution in [2.45, 2.75) is 32.6 Å². The molecule has 6 heteroatoms. The Morgan fingerprint density at radius 1 is 1.12 bits per heavy atom. The van der Waals surface area contributed by atoms with Gasteiger partial charge in [0.15, 0.2) is 0 Å². The maximum atomic E-state index is 12.8. The van der Waals surface area contributed by atoms with Crippen LogP contribution in [0.5, 0.6) is 0 Å². The van der Waals surface area contributed by atoms with Gasteiger partial charge in [-0.1, -0.05) is 25.1 Å². The lowest BCUT2D eigenvalue weighted by Gasteiger charge is -2.33. The number of para-hydroxylation sites is 1. The van der Waals surface area contributed by atoms with Crippen LogP contribution < -0.4 is 10.2 Å². The van der Waals surface area contributed by atoms with E-state index in [0.717, 1.165) is 12.1 Å². The van der Waals surface area contributed by atoms with Crippen LogP contribution >= 0.6 is 0 Å². The van der Waals surface area contributed by atoms with Gasteiger partial charge in [0.05, 0.1) is 5.92 Å². The molecular weight excluding hydrogens is 330 g/mol. The number of hydrogen-bond donors (Lipinski definition) is 1. The van der Waals surface area contributed by atoms with Gasteiger partial charge in [0.2, 0.25) is 17.7 Å². The molecule has 0 bridgehead atoms. The van der Waals surface area contributed by atoms with E-state index >= 15 is 0 Å². The molecule has 0 saturated carbocycles. The minimum atomic E-state index is -0.284. The van der Waals surface area contributed by atoms with Crippen LogP contribution in [-0.4, -0.2) is 48.8 Å². The molecule has 1 N–H and O–H groups in total. The topological polar surface area (TPSA) is 69.7 Å². The van der Waals surface area contributed by atoms with Gasteiger partial charge in [-0.05, 0) is 31.4 Å². The van der Waals surface area contributed by atoms with Crippen LogP contribution in [0.2, 0.25) is 0 Å². The standard InChI is InChI=1S/C20H27N3O3/c1-2-10-21-19(25)15-8-11-22(12-9-15)20(26)16-13-18(24)23(14-16)17-6-4-3-5-7-17/h3-7,15-16H,2,8-14H2,1H3,(H,21,25). The average Bonchev–Trinajstić information content (AvgIpc) is 3.08. The van der Waals surface area contributed by atoms with Gasteiger partial charge in [-0.2, -0.15) is 0 Å². The van der Waals surface area contributed by atoms with Gasteiger partial charge in [-0.3, -0.25) is 14.4 Å². The number of nitrogens with zero attached hydrogens (tertiary/aromatic N) is 2. The van der Waals surface area contributed by atoms with Gasteiger partial charge in [0.25, 0.3) is 0 Å². The summed E-state index contributed by atoms with van der Waals surface area (Å²) in [6.45, 7) is 4.37. The van der Waals surface area contributed by atoms with Crippen LogP contribution in [0.1, 0.15) is 32.6 Å². The Morgan fingerprint density at radius 3 is 2.46 bits per heavy atom. The first-order valence-electron chi connectivity index (χ1n) is 9.52. The van der Waals surface area contributed by atoms with Crippen LogP contribution in [0.3, 0.4) is 0 Å². The number of amides is 3. The predicted molar refractivity (Wildman–Crippen MR) is 99.5 cm³/mol. The van der Waals surface area contributed by atoms with Crippen molar-refractivity contribution in [2.75, 3.05) is 31.1 Å². The fraction of sp³-hybridized carbons (Fsp3) is 0.550. The zero-order chi connectivity index (χ0) is 18.5. The van der Waals surface area contributed by atoms with Crippen molar-refractivity contribution in [1.82, 2.24) is 10.2 Å². The van der Waals surface area contributed by atoms with Crippen molar-refractivity contribution in [3.05, 3.63) is 30.3 Å². The Balaban J connectivity index is 1.53. The fourth-order valence-corrected chi connectivity index (χ4v) is 3.74. The number of benzene rings is 1. The maximum Gasteiger partial charge on any atom is 0.228 e. The smallest absolute Gasteiger partial charge is 0.228 e. The molecule has 0 radical (unpaired) electrons. The van der Waals surface area contributed by atoms with Crippen molar-refractivity contribution >= 4 is 23.4 Å².